The normalized spacial score (nSPS) is 19.6. The number of nitrogens with one attached hydrogen (secondary N) is 2. The molecule has 3 nitrogen and oxygen atoms in total. The van der Waals surface area contributed by atoms with Gasteiger partial charge in [-0.05, 0) is 18.6 Å². The number of hydrogen-bond donors (Lipinski definition) is 2. The maximum absolute atomic E-state index is 12.0. The van der Waals surface area contributed by atoms with Crippen LogP contribution >= 0.6 is 47.4 Å². The van der Waals surface area contributed by atoms with Crippen LogP contribution in [0.4, 0.5) is 0 Å². The van der Waals surface area contributed by atoms with Crippen LogP contribution in [0.5, 0.6) is 0 Å². The molecule has 19 heavy (non-hydrogen) atoms. The summed E-state index contributed by atoms with van der Waals surface area (Å²) in [6.07, 6.45) is 0. The van der Waals surface area contributed by atoms with E-state index in [-0.39, 0.29) is 30.4 Å². The van der Waals surface area contributed by atoms with Crippen molar-refractivity contribution in [2.24, 2.45) is 0 Å². The number of amides is 1. The van der Waals surface area contributed by atoms with Gasteiger partial charge in [0.25, 0.3) is 0 Å². The molecule has 7 heteroatoms. The van der Waals surface area contributed by atoms with Crippen LogP contribution in [0.3, 0.4) is 0 Å². The zero-order chi connectivity index (χ0) is 13.1. The number of thioether (sulfide) groups is 1. The Balaban J connectivity index is 0.00000180. The van der Waals surface area contributed by atoms with E-state index >= 15 is 0 Å². The van der Waals surface area contributed by atoms with Crippen LogP contribution in [0.1, 0.15) is 18.5 Å². The van der Waals surface area contributed by atoms with Gasteiger partial charge in [0, 0.05) is 11.6 Å². The molecule has 1 saturated heterocycles. The minimum absolute atomic E-state index is 0. The zero-order valence-corrected chi connectivity index (χ0v) is 13.4. The molecule has 0 bridgehead atoms. The van der Waals surface area contributed by atoms with E-state index < -0.39 is 0 Å². The van der Waals surface area contributed by atoms with Gasteiger partial charge in [0.2, 0.25) is 5.91 Å². The van der Waals surface area contributed by atoms with E-state index in [1.54, 1.807) is 17.8 Å². The quantitative estimate of drug-likeness (QED) is 0.886. The largest absolute Gasteiger partial charge is 0.348 e. The molecule has 0 radical (unpaired) electrons. The highest BCUT2D eigenvalue weighted by Crippen LogP contribution is 2.29. The highest BCUT2D eigenvalue weighted by atomic mass is 35.5. The lowest BCUT2D eigenvalue weighted by Gasteiger charge is -2.18. The van der Waals surface area contributed by atoms with Crippen molar-refractivity contribution < 1.29 is 4.79 Å². The van der Waals surface area contributed by atoms with Crippen molar-refractivity contribution in [3.05, 3.63) is 33.8 Å². The third-order valence-electron chi connectivity index (χ3n) is 2.84. The molecule has 2 unspecified atom stereocenters. The topological polar surface area (TPSA) is 41.1 Å². The van der Waals surface area contributed by atoms with E-state index in [0.29, 0.717) is 10.0 Å². The van der Waals surface area contributed by atoms with E-state index in [9.17, 15) is 4.79 Å². The lowest BCUT2D eigenvalue weighted by Crippen LogP contribution is -2.42. The third-order valence-corrected chi connectivity index (χ3v) is 4.61. The summed E-state index contributed by atoms with van der Waals surface area (Å²) in [5.41, 5.74) is 0.836. The fraction of sp³-hybridized carbons (Fsp3) is 0.417. The molecule has 2 atom stereocenters. The van der Waals surface area contributed by atoms with Crippen molar-refractivity contribution in [2.75, 3.05) is 11.6 Å². The molecular formula is C12H15Cl3N2OS. The van der Waals surface area contributed by atoms with Crippen LogP contribution in [0.15, 0.2) is 18.2 Å². The Hall–Kier alpha value is -0.130. The summed E-state index contributed by atoms with van der Waals surface area (Å²) in [5, 5.41) is 7.08. The summed E-state index contributed by atoms with van der Waals surface area (Å²) in [5.74, 6) is 1.63. The number of rotatable bonds is 3. The first-order valence-corrected chi connectivity index (χ1v) is 7.56. The minimum atomic E-state index is -0.156. The van der Waals surface area contributed by atoms with E-state index in [4.69, 9.17) is 23.2 Å². The molecule has 2 N–H and O–H groups in total. The molecule has 1 fully saturated rings. The molecular weight excluding hydrogens is 327 g/mol. The SMILES string of the molecule is CC(NC(=O)C1CSCN1)c1cccc(Cl)c1Cl.Cl. The van der Waals surface area contributed by atoms with Gasteiger partial charge in [-0.2, -0.15) is 0 Å². The Kier molecular flexibility index (Phi) is 6.77. The van der Waals surface area contributed by atoms with Crippen molar-refractivity contribution in [1.29, 1.82) is 0 Å². The van der Waals surface area contributed by atoms with Crippen LogP contribution in [-0.4, -0.2) is 23.6 Å². The van der Waals surface area contributed by atoms with Crippen molar-refractivity contribution in [3.63, 3.8) is 0 Å². The molecule has 106 valence electrons. The molecule has 1 heterocycles. The van der Waals surface area contributed by atoms with Gasteiger partial charge in [-0.15, -0.1) is 24.2 Å². The fourth-order valence-corrected chi connectivity index (χ4v) is 3.22. The first-order valence-electron chi connectivity index (χ1n) is 5.65. The number of hydrogen-bond acceptors (Lipinski definition) is 3. The molecule has 0 saturated carbocycles. The van der Waals surface area contributed by atoms with Crippen LogP contribution in [0, 0.1) is 0 Å². The standard InChI is InChI=1S/C12H14Cl2N2OS.ClH/c1-7(8-3-2-4-9(13)11(8)14)16-12(17)10-5-18-6-15-10;/h2-4,7,10,15H,5-6H2,1H3,(H,16,17);1H. The Bertz CT molecular complexity index is 453. The van der Waals surface area contributed by atoms with Gasteiger partial charge in [0.05, 0.1) is 22.1 Å². The Morgan fingerprint density at radius 2 is 2.26 bits per heavy atom. The van der Waals surface area contributed by atoms with Crippen molar-refractivity contribution in [3.8, 4) is 0 Å². The highest BCUT2D eigenvalue weighted by molar-refractivity contribution is 7.99. The Labute approximate surface area is 133 Å². The Morgan fingerprint density at radius 3 is 2.89 bits per heavy atom. The lowest BCUT2D eigenvalue weighted by molar-refractivity contribution is -0.123. The summed E-state index contributed by atoms with van der Waals surface area (Å²) in [6, 6.07) is 5.16. The Morgan fingerprint density at radius 1 is 1.53 bits per heavy atom. The van der Waals surface area contributed by atoms with Gasteiger partial charge in [-0.25, -0.2) is 0 Å². The van der Waals surface area contributed by atoms with Gasteiger partial charge < -0.3 is 5.32 Å². The summed E-state index contributed by atoms with van der Waals surface area (Å²) in [4.78, 5) is 12.0. The van der Waals surface area contributed by atoms with Gasteiger partial charge in [-0.1, -0.05) is 35.3 Å². The van der Waals surface area contributed by atoms with E-state index in [1.807, 2.05) is 19.1 Å². The van der Waals surface area contributed by atoms with E-state index in [2.05, 4.69) is 10.6 Å². The zero-order valence-electron chi connectivity index (χ0n) is 10.3. The van der Waals surface area contributed by atoms with Crippen molar-refractivity contribution >= 4 is 53.3 Å². The maximum atomic E-state index is 12.0. The van der Waals surface area contributed by atoms with Gasteiger partial charge >= 0.3 is 0 Å². The summed E-state index contributed by atoms with van der Waals surface area (Å²) in [6.45, 7) is 1.90. The molecule has 1 aromatic rings. The van der Waals surface area contributed by atoms with Gasteiger partial charge in [0.15, 0.2) is 0 Å². The molecule has 2 rings (SSSR count). The van der Waals surface area contributed by atoms with Crippen LogP contribution in [0.25, 0.3) is 0 Å². The monoisotopic (exact) mass is 340 g/mol. The number of carbonyl (C=O) groups excluding carboxylic acids is 1. The van der Waals surface area contributed by atoms with Crippen LogP contribution < -0.4 is 10.6 Å². The molecule has 1 aliphatic heterocycles. The van der Waals surface area contributed by atoms with Gasteiger partial charge in [0.1, 0.15) is 0 Å². The van der Waals surface area contributed by atoms with E-state index in [1.165, 1.54) is 0 Å². The fourth-order valence-electron chi connectivity index (χ4n) is 1.81. The maximum Gasteiger partial charge on any atom is 0.238 e. The highest BCUT2D eigenvalue weighted by Gasteiger charge is 2.24. The smallest absolute Gasteiger partial charge is 0.238 e. The second kappa shape index (κ2) is 7.60. The molecule has 1 amide bonds. The molecule has 0 aliphatic carbocycles. The second-order valence-corrected chi connectivity index (χ2v) is 5.96. The summed E-state index contributed by atoms with van der Waals surface area (Å²) < 4.78 is 0. The summed E-state index contributed by atoms with van der Waals surface area (Å²) in [7, 11) is 0. The van der Waals surface area contributed by atoms with E-state index in [0.717, 1.165) is 17.2 Å². The molecule has 1 aromatic carbocycles. The number of halogens is 3. The van der Waals surface area contributed by atoms with Gasteiger partial charge in [-0.3, -0.25) is 10.1 Å². The predicted molar refractivity (Wildman–Crippen MR) is 84.5 cm³/mol. The second-order valence-electron chi connectivity index (χ2n) is 4.15. The molecule has 0 aromatic heterocycles. The van der Waals surface area contributed by atoms with Crippen molar-refractivity contribution in [1.82, 2.24) is 10.6 Å². The minimum Gasteiger partial charge on any atom is -0.348 e. The average molecular weight is 342 g/mol. The summed E-state index contributed by atoms with van der Waals surface area (Å²) >= 11 is 13.8. The first kappa shape index (κ1) is 16.9. The number of benzene rings is 1. The molecule has 1 aliphatic rings. The third kappa shape index (κ3) is 4.17. The first-order chi connectivity index (χ1) is 8.59. The molecule has 0 spiro atoms. The average Bonchev–Trinajstić information content (AvgIpc) is 2.86. The number of carbonyl (C=O) groups is 1. The van der Waals surface area contributed by atoms with Crippen LogP contribution in [-0.2, 0) is 4.79 Å². The van der Waals surface area contributed by atoms with Crippen molar-refractivity contribution in [2.45, 2.75) is 19.0 Å². The predicted octanol–water partition coefficient (Wildman–Crippen LogP) is 3.25. The van der Waals surface area contributed by atoms with Crippen LogP contribution in [0.2, 0.25) is 10.0 Å². The lowest BCUT2D eigenvalue weighted by atomic mass is 10.1.